The predicted octanol–water partition coefficient (Wildman–Crippen LogP) is 3.27. The first kappa shape index (κ1) is 20.3. The average Bonchev–Trinajstić information content (AvgIpc) is 3.28. The zero-order chi connectivity index (χ0) is 21.6. The van der Waals surface area contributed by atoms with E-state index in [-0.39, 0.29) is 5.91 Å². The molecule has 1 atom stereocenters. The summed E-state index contributed by atoms with van der Waals surface area (Å²) in [5.41, 5.74) is 2.87. The molecule has 0 aliphatic carbocycles. The maximum atomic E-state index is 12.4. The standard InChI is InChI=1S/C23H23N5O3/c1-3-30-19-8-10-20(11-9-19)31-16(2)22(29)25-14-17-4-6-18(7-5-17)21-12-13-24-23-26-15-27-28(21)23/h4-13,15-16H,3,14H2,1-2H3,(H,25,29)/t16-/m0/s1. The van der Waals surface area contributed by atoms with Crippen LogP contribution in [-0.2, 0) is 11.3 Å². The minimum Gasteiger partial charge on any atom is -0.494 e. The molecule has 8 heteroatoms. The van der Waals surface area contributed by atoms with Crippen molar-refractivity contribution in [3.8, 4) is 22.8 Å². The van der Waals surface area contributed by atoms with E-state index in [0.717, 1.165) is 22.6 Å². The maximum Gasteiger partial charge on any atom is 0.261 e. The van der Waals surface area contributed by atoms with Crippen LogP contribution in [0.2, 0.25) is 0 Å². The van der Waals surface area contributed by atoms with E-state index in [0.29, 0.717) is 24.7 Å². The van der Waals surface area contributed by atoms with Crippen LogP contribution in [0, 0.1) is 0 Å². The molecule has 0 fully saturated rings. The Labute approximate surface area is 179 Å². The first-order valence-corrected chi connectivity index (χ1v) is 10.1. The molecule has 0 unspecified atom stereocenters. The van der Waals surface area contributed by atoms with E-state index < -0.39 is 6.10 Å². The van der Waals surface area contributed by atoms with Crippen LogP contribution in [0.5, 0.6) is 11.5 Å². The fourth-order valence-corrected chi connectivity index (χ4v) is 3.12. The van der Waals surface area contributed by atoms with Gasteiger partial charge in [-0.15, -0.1) is 0 Å². The van der Waals surface area contributed by atoms with E-state index in [1.165, 1.54) is 6.33 Å². The van der Waals surface area contributed by atoms with E-state index in [1.54, 1.807) is 29.8 Å². The van der Waals surface area contributed by atoms with E-state index in [4.69, 9.17) is 9.47 Å². The van der Waals surface area contributed by atoms with Crippen molar-refractivity contribution in [2.45, 2.75) is 26.5 Å². The third kappa shape index (κ3) is 4.80. The summed E-state index contributed by atoms with van der Waals surface area (Å²) in [6.07, 6.45) is 2.57. The van der Waals surface area contributed by atoms with Gasteiger partial charge in [-0.2, -0.15) is 14.6 Å². The van der Waals surface area contributed by atoms with Crippen molar-refractivity contribution in [1.82, 2.24) is 24.9 Å². The highest BCUT2D eigenvalue weighted by molar-refractivity contribution is 5.80. The van der Waals surface area contributed by atoms with Gasteiger partial charge in [-0.25, -0.2) is 4.98 Å². The Morgan fingerprint density at radius 3 is 2.52 bits per heavy atom. The molecule has 0 saturated heterocycles. The lowest BCUT2D eigenvalue weighted by Crippen LogP contribution is -2.35. The molecule has 0 aliphatic heterocycles. The molecular formula is C23H23N5O3. The normalized spacial score (nSPS) is 11.8. The van der Waals surface area contributed by atoms with Crippen molar-refractivity contribution in [3.05, 3.63) is 72.7 Å². The molecule has 2 heterocycles. The highest BCUT2D eigenvalue weighted by atomic mass is 16.5. The van der Waals surface area contributed by atoms with E-state index >= 15 is 0 Å². The molecule has 0 bridgehead atoms. The smallest absolute Gasteiger partial charge is 0.261 e. The number of aromatic nitrogens is 4. The molecule has 158 valence electrons. The molecular weight excluding hydrogens is 394 g/mol. The second-order valence-electron chi connectivity index (χ2n) is 6.88. The van der Waals surface area contributed by atoms with Crippen LogP contribution in [0.25, 0.3) is 17.0 Å². The van der Waals surface area contributed by atoms with Crippen LogP contribution < -0.4 is 14.8 Å². The van der Waals surface area contributed by atoms with Gasteiger partial charge in [0.05, 0.1) is 12.3 Å². The lowest BCUT2D eigenvalue weighted by atomic mass is 10.1. The van der Waals surface area contributed by atoms with Crippen LogP contribution >= 0.6 is 0 Å². The van der Waals surface area contributed by atoms with Crippen LogP contribution in [0.3, 0.4) is 0 Å². The van der Waals surface area contributed by atoms with Crippen molar-refractivity contribution in [2.24, 2.45) is 0 Å². The number of rotatable bonds is 8. The Morgan fingerprint density at radius 2 is 1.77 bits per heavy atom. The molecule has 1 amide bonds. The van der Waals surface area contributed by atoms with E-state index in [9.17, 15) is 4.79 Å². The van der Waals surface area contributed by atoms with Gasteiger partial charge in [0.1, 0.15) is 17.8 Å². The number of ether oxygens (including phenoxy) is 2. The minimum atomic E-state index is -0.616. The van der Waals surface area contributed by atoms with Gasteiger partial charge in [0, 0.05) is 18.3 Å². The summed E-state index contributed by atoms with van der Waals surface area (Å²) in [5.74, 6) is 1.76. The molecule has 2 aromatic heterocycles. The largest absolute Gasteiger partial charge is 0.494 e. The lowest BCUT2D eigenvalue weighted by molar-refractivity contribution is -0.127. The number of fused-ring (bicyclic) bond motifs is 1. The Balaban J connectivity index is 1.33. The fourth-order valence-electron chi connectivity index (χ4n) is 3.12. The Morgan fingerprint density at radius 1 is 1.03 bits per heavy atom. The number of nitrogens with one attached hydrogen (secondary N) is 1. The summed E-state index contributed by atoms with van der Waals surface area (Å²) in [7, 11) is 0. The summed E-state index contributed by atoms with van der Waals surface area (Å²) in [6, 6.07) is 17.0. The molecule has 0 spiro atoms. The van der Waals surface area contributed by atoms with Gasteiger partial charge in [-0.3, -0.25) is 4.79 Å². The van der Waals surface area contributed by atoms with Gasteiger partial charge in [0.2, 0.25) is 0 Å². The molecule has 31 heavy (non-hydrogen) atoms. The molecule has 1 N–H and O–H groups in total. The van der Waals surface area contributed by atoms with E-state index in [2.05, 4.69) is 20.4 Å². The first-order valence-electron chi connectivity index (χ1n) is 10.1. The zero-order valence-electron chi connectivity index (χ0n) is 17.4. The molecule has 8 nitrogen and oxygen atoms in total. The summed E-state index contributed by atoms with van der Waals surface area (Å²) in [5, 5.41) is 7.12. The molecule has 4 rings (SSSR count). The SMILES string of the molecule is CCOc1ccc(O[C@@H](C)C(=O)NCc2ccc(-c3ccnc4ncnn34)cc2)cc1. The summed E-state index contributed by atoms with van der Waals surface area (Å²) in [6.45, 7) is 4.67. The Hall–Kier alpha value is -3.94. The van der Waals surface area contributed by atoms with Crippen molar-refractivity contribution in [2.75, 3.05) is 6.61 Å². The monoisotopic (exact) mass is 417 g/mol. The van der Waals surface area contributed by atoms with Crippen LogP contribution in [0.4, 0.5) is 0 Å². The van der Waals surface area contributed by atoms with Gasteiger partial charge in [0.25, 0.3) is 11.7 Å². The average molecular weight is 417 g/mol. The zero-order valence-corrected chi connectivity index (χ0v) is 17.4. The maximum absolute atomic E-state index is 12.4. The highest BCUT2D eigenvalue weighted by Crippen LogP contribution is 2.20. The lowest BCUT2D eigenvalue weighted by Gasteiger charge is -2.15. The highest BCUT2D eigenvalue weighted by Gasteiger charge is 2.14. The Bertz CT molecular complexity index is 1160. The van der Waals surface area contributed by atoms with E-state index in [1.807, 2.05) is 49.4 Å². The van der Waals surface area contributed by atoms with Gasteiger partial charge in [0.15, 0.2) is 6.10 Å². The topological polar surface area (TPSA) is 90.6 Å². The van der Waals surface area contributed by atoms with Crippen molar-refractivity contribution in [1.29, 1.82) is 0 Å². The van der Waals surface area contributed by atoms with Crippen LogP contribution in [-0.4, -0.2) is 38.2 Å². The number of carbonyl (C=O) groups is 1. The second-order valence-corrected chi connectivity index (χ2v) is 6.88. The van der Waals surface area contributed by atoms with Crippen LogP contribution in [0.15, 0.2) is 67.1 Å². The third-order valence-electron chi connectivity index (χ3n) is 4.71. The summed E-state index contributed by atoms with van der Waals surface area (Å²) < 4.78 is 12.8. The molecule has 2 aromatic carbocycles. The quantitative estimate of drug-likeness (QED) is 0.473. The number of carbonyl (C=O) groups excluding carboxylic acids is 1. The van der Waals surface area contributed by atoms with Gasteiger partial charge in [-0.1, -0.05) is 24.3 Å². The fraction of sp³-hybridized carbons (Fsp3) is 0.217. The van der Waals surface area contributed by atoms with Crippen molar-refractivity contribution >= 4 is 11.7 Å². The number of hydrogen-bond acceptors (Lipinski definition) is 6. The number of nitrogens with zero attached hydrogens (tertiary/aromatic N) is 4. The van der Waals surface area contributed by atoms with Crippen LogP contribution in [0.1, 0.15) is 19.4 Å². The number of amides is 1. The molecule has 0 saturated carbocycles. The van der Waals surface area contributed by atoms with Crippen molar-refractivity contribution < 1.29 is 14.3 Å². The second kappa shape index (κ2) is 9.25. The first-order chi connectivity index (χ1) is 15.1. The summed E-state index contributed by atoms with van der Waals surface area (Å²) >= 11 is 0. The van der Waals surface area contributed by atoms with Gasteiger partial charge >= 0.3 is 0 Å². The van der Waals surface area contributed by atoms with Gasteiger partial charge in [-0.05, 0) is 49.7 Å². The molecule has 0 aliphatic rings. The third-order valence-corrected chi connectivity index (χ3v) is 4.71. The number of hydrogen-bond donors (Lipinski definition) is 1. The van der Waals surface area contributed by atoms with Crippen molar-refractivity contribution in [3.63, 3.8) is 0 Å². The predicted molar refractivity (Wildman–Crippen MR) is 116 cm³/mol. The summed E-state index contributed by atoms with van der Waals surface area (Å²) in [4.78, 5) is 20.7. The Kier molecular flexibility index (Phi) is 6.07. The number of benzene rings is 2. The van der Waals surface area contributed by atoms with Gasteiger partial charge < -0.3 is 14.8 Å². The molecule has 4 aromatic rings. The minimum absolute atomic E-state index is 0.184. The molecule has 0 radical (unpaired) electrons.